The number of nitrogens with zero attached hydrogens (tertiary/aromatic N) is 3. The zero-order chi connectivity index (χ0) is 15.1. The first kappa shape index (κ1) is 19.1. The zero-order valence-corrected chi connectivity index (χ0v) is 16.1. The molecule has 0 aliphatic carbocycles. The number of nitrogens with two attached hydrogens (primary N) is 1. The standard InChI is InChI=1S/C17H28N4.HI/c1-15-8-6-13-21(14-15)17(18)19-11-7-12-20(2)16-9-4-3-5-10-16;/h3-5,9-10,15H,6-8,11-14H2,1-2H3,(H2,18,19);1H. The molecule has 1 aromatic carbocycles. The lowest BCUT2D eigenvalue weighted by Crippen LogP contribution is -2.43. The van der Waals surface area contributed by atoms with Crippen LogP contribution in [0.2, 0.25) is 0 Å². The van der Waals surface area contributed by atoms with Gasteiger partial charge in [0.15, 0.2) is 5.96 Å². The molecule has 0 saturated carbocycles. The van der Waals surface area contributed by atoms with Gasteiger partial charge in [0, 0.05) is 38.9 Å². The van der Waals surface area contributed by atoms with Crippen LogP contribution in [-0.2, 0) is 0 Å². The Labute approximate surface area is 151 Å². The van der Waals surface area contributed by atoms with Gasteiger partial charge in [0.25, 0.3) is 0 Å². The van der Waals surface area contributed by atoms with Crippen molar-refractivity contribution in [1.29, 1.82) is 0 Å². The summed E-state index contributed by atoms with van der Waals surface area (Å²) >= 11 is 0. The summed E-state index contributed by atoms with van der Waals surface area (Å²) in [6, 6.07) is 10.4. The molecule has 5 heteroatoms. The Kier molecular flexibility index (Phi) is 8.60. The molecule has 1 aromatic rings. The van der Waals surface area contributed by atoms with Crippen molar-refractivity contribution in [2.75, 3.05) is 38.1 Å². The SMILES string of the molecule is CC1CCCN(C(N)=NCCCN(C)c2ccccc2)C1.I. The van der Waals surface area contributed by atoms with E-state index in [0.29, 0.717) is 0 Å². The van der Waals surface area contributed by atoms with E-state index in [1.54, 1.807) is 0 Å². The maximum absolute atomic E-state index is 6.10. The maximum atomic E-state index is 6.10. The fourth-order valence-electron chi connectivity index (χ4n) is 2.81. The molecule has 1 atom stereocenters. The van der Waals surface area contributed by atoms with Crippen LogP contribution in [0.1, 0.15) is 26.2 Å². The highest BCUT2D eigenvalue weighted by Crippen LogP contribution is 2.15. The van der Waals surface area contributed by atoms with Crippen molar-refractivity contribution in [3.8, 4) is 0 Å². The number of benzene rings is 1. The molecule has 0 bridgehead atoms. The molecule has 1 fully saturated rings. The number of piperidine rings is 1. The molecule has 1 aliphatic rings. The molecular weight excluding hydrogens is 387 g/mol. The largest absolute Gasteiger partial charge is 0.375 e. The van der Waals surface area contributed by atoms with Crippen molar-refractivity contribution in [3.05, 3.63) is 30.3 Å². The molecule has 1 saturated heterocycles. The molecule has 1 aliphatic heterocycles. The van der Waals surface area contributed by atoms with Gasteiger partial charge in [-0.3, -0.25) is 4.99 Å². The van der Waals surface area contributed by atoms with Gasteiger partial charge in [-0.15, -0.1) is 24.0 Å². The van der Waals surface area contributed by atoms with Crippen molar-refractivity contribution in [1.82, 2.24) is 4.90 Å². The molecule has 4 nitrogen and oxygen atoms in total. The molecule has 0 spiro atoms. The minimum absolute atomic E-state index is 0. The number of halogens is 1. The van der Waals surface area contributed by atoms with Crippen molar-refractivity contribution in [3.63, 3.8) is 0 Å². The second-order valence-electron chi connectivity index (χ2n) is 6.04. The third-order valence-electron chi connectivity index (χ3n) is 4.10. The first-order chi connectivity index (χ1) is 10.2. The lowest BCUT2D eigenvalue weighted by Gasteiger charge is -2.31. The number of likely N-dealkylation sites (tertiary alicyclic amines) is 1. The molecule has 0 radical (unpaired) electrons. The lowest BCUT2D eigenvalue weighted by molar-refractivity contribution is 0.270. The Morgan fingerprint density at radius 2 is 2.09 bits per heavy atom. The van der Waals surface area contributed by atoms with E-state index in [-0.39, 0.29) is 24.0 Å². The third kappa shape index (κ3) is 6.02. The van der Waals surface area contributed by atoms with E-state index in [2.05, 4.69) is 53.0 Å². The third-order valence-corrected chi connectivity index (χ3v) is 4.10. The van der Waals surface area contributed by atoms with Gasteiger partial charge in [0.1, 0.15) is 0 Å². The number of anilines is 1. The number of rotatable bonds is 5. The van der Waals surface area contributed by atoms with E-state index < -0.39 is 0 Å². The van der Waals surface area contributed by atoms with Crippen molar-refractivity contribution in [2.45, 2.75) is 26.2 Å². The summed E-state index contributed by atoms with van der Waals surface area (Å²) < 4.78 is 0. The summed E-state index contributed by atoms with van der Waals surface area (Å²) in [6.07, 6.45) is 3.56. The molecule has 1 heterocycles. The van der Waals surface area contributed by atoms with Gasteiger partial charge in [-0.25, -0.2) is 0 Å². The predicted molar refractivity (Wildman–Crippen MR) is 106 cm³/mol. The summed E-state index contributed by atoms with van der Waals surface area (Å²) in [4.78, 5) is 9.03. The number of hydrogen-bond donors (Lipinski definition) is 1. The van der Waals surface area contributed by atoms with E-state index in [0.717, 1.165) is 44.5 Å². The summed E-state index contributed by atoms with van der Waals surface area (Å²) in [5.74, 6) is 1.46. The first-order valence-electron chi connectivity index (χ1n) is 7.98. The molecule has 2 N–H and O–H groups in total. The number of hydrogen-bond acceptors (Lipinski definition) is 2. The average Bonchev–Trinajstić information content (AvgIpc) is 2.52. The van der Waals surface area contributed by atoms with Crippen LogP contribution in [0.15, 0.2) is 35.3 Å². The molecule has 22 heavy (non-hydrogen) atoms. The highest BCUT2D eigenvalue weighted by Gasteiger charge is 2.17. The second kappa shape index (κ2) is 9.92. The van der Waals surface area contributed by atoms with E-state index in [1.807, 2.05) is 6.07 Å². The van der Waals surface area contributed by atoms with Gasteiger partial charge in [-0.2, -0.15) is 0 Å². The van der Waals surface area contributed by atoms with Crippen LogP contribution in [0.5, 0.6) is 0 Å². The number of guanidine groups is 1. The molecule has 0 amide bonds. The Hall–Kier alpha value is -0.980. The van der Waals surface area contributed by atoms with Crippen molar-refractivity contribution < 1.29 is 0 Å². The minimum atomic E-state index is 0. The topological polar surface area (TPSA) is 44.9 Å². The molecular formula is C17H29IN4. The Bertz CT molecular complexity index is 449. The summed E-state index contributed by atoms with van der Waals surface area (Å²) in [5.41, 5.74) is 7.35. The Balaban J connectivity index is 0.00000242. The quantitative estimate of drug-likeness (QED) is 0.347. The van der Waals surface area contributed by atoms with Crippen LogP contribution in [0.3, 0.4) is 0 Å². The van der Waals surface area contributed by atoms with Gasteiger partial charge >= 0.3 is 0 Å². The highest BCUT2D eigenvalue weighted by molar-refractivity contribution is 14.0. The van der Waals surface area contributed by atoms with Crippen LogP contribution in [0, 0.1) is 5.92 Å². The Morgan fingerprint density at radius 1 is 1.36 bits per heavy atom. The van der Waals surface area contributed by atoms with Crippen LogP contribution < -0.4 is 10.6 Å². The van der Waals surface area contributed by atoms with E-state index in [1.165, 1.54) is 18.5 Å². The fraction of sp³-hybridized carbons (Fsp3) is 0.588. The van der Waals surface area contributed by atoms with E-state index >= 15 is 0 Å². The fourth-order valence-corrected chi connectivity index (χ4v) is 2.81. The normalized spacial score (nSPS) is 18.7. The van der Waals surface area contributed by atoms with Crippen LogP contribution >= 0.6 is 24.0 Å². The summed E-state index contributed by atoms with van der Waals surface area (Å²) in [5, 5.41) is 0. The number of aliphatic imine (C=N–C) groups is 1. The van der Waals surface area contributed by atoms with Crippen LogP contribution in [0.25, 0.3) is 0 Å². The van der Waals surface area contributed by atoms with Gasteiger partial charge in [0.05, 0.1) is 0 Å². The van der Waals surface area contributed by atoms with Gasteiger partial charge in [-0.05, 0) is 37.3 Å². The molecule has 1 unspecified atom stereocenters. The van der Waals surface area contributed by atoms with E-state index in [9.17, 15) is 0 Å². The Morgan fingerprint density at radius 3 is 2.77 bits per heavy atom. The average molecular weight is 416 g/mol. The monoisotopic (exact) mass is 416 g/mol. The van der Waals surface area contributed by atoms with Crippen LogP contribution in [0.4, 0.5) is 5.69 Å². The lowest BCUT2D eigenvalue weighted by atomic mass is 10.0. The van der Waals surface area contributed by atoms with Gasteiger partial charge in [-0.1, -0.05) is 25.1 Å². The molecule has 124 valence electrons. The second-order valence-corrected chi connectivity index (χ2v) is 6.04. The number of para-hydroxylation sites is 1. The zero-order valence-electron chi connectivity index (χ0n) is 13.7. The first-order valence-corrected chi connectivity index (χ1v) is 7.98. The van der Waals surface area contributed by atoms with E-state index in [4.69, 9.17) is 5.73 Å². The predicted octanol–water partition coefficient (Wildman–Crippen LogP) is 3.18. The minimum Gasteiger partial charge on any atom is -0.375 e. The van der Waals surface area contributed by atoms with Gasteiger partial charge in [0.2, 0.25) is 0 Å². The maximum Gasteiger partial charge on any atom is 0.191 e. The van der Waals surface area contributed by atoms with Crippen LogP contribution in [-0.4, -0.2) is 44.1 Å². The van der Waals surface area contributed by atoms with Crippen molar-refractivity contribution in [2.24, 2.45) is 16.6 Å². The molecule has 0 aromatic heterocycles. The summed E-state index contributed by atoms with van der Waals surface area (Å²) in [7, 11) is 2.12. The van der Waals surface area contributed by atoms with Crippen molar-refractivity contribution >= 4 is 35.6 Å². The highest BCUT2D eigenvalue weighted by atomic mass is 127. The van der Waals surface area contributed by atoms with Gasteiger partial charge < -0.3 is 15.5 Å². The smallest absolute Gasteiger partial charge is 0.191 e. The molecule has 2 rings (SSSR count). The summed E-state index contributed by atoms with van der Waals surface area (Å²) in [6.45, 7) is 6.20.